The molecule has 1 heterocycles. The fourth-order valence-corrected chi connectivity index (χ4v) is 3.31. The van der Waals surface area contributed by atoms with E-state index in [2.05, 4.69) is 0 Å². The Hall–Kier alpha value is -2.22. The summed E-state index contributed by atoms with van der Waals surface area (Å²) in [7, 11) is 5.16. The van der Waals surface area contributed by atoms with E-state index >= 15 is 0 Å². The van der Waals surface area contributed by atoms with Gasteiger partial charge in [-0.25, -0.2) is 4.79 Å². The van der Waals surface area contributed by atoms with Crippen molar-refractivity contribution in [3.05, 3.63) is 29.8 Å². The van der Waals surface area contributed by atoms with Gasteiger partial charge in [0.1, 0.15) is 6.04 Å². The normalized spacial score (nSPS) is 17.0. The number of amides is 2. The third-order valence-electron chi connectivity index (χ3n) is 4.36. The quantitative estimate of drug-likeness (QED) is 0.710. The van der Waals surface area contributed by atoms with Crippen LogP contribution in [0.25, 0.3) is 0 Å². The fourth-order valence-electron chi connectivity index (χ4n) is 2.89. The number of hydrogen-bond acceptors (Lipinski definition) is 6. The van der Waals surface area contributed by atoms with Crippen LogP contribution in [0.4, 0.5) is 5.69 Å². The summed E-state index contributed by atoms with van der Waals surface area (Å²) in [4.78, 5) is 42.3. The topological polar surface area (TPSA) is 70.2 Å². The summed E-state index contributed by atoms with van der Waals surface area (Å²) in [5.41, 5.74) is 1.56. The Bertz CT molecular complexity index is 663. The molecule has 1 aromatic rings. The number of ether oxygens (including phenoxy) is 1. The van der Waals surface area contributed by atoms with Gasteiger partial charge >= 0.3 is 5.97 Å². The van der Waals surface area contributed by atoms with Crippen LogP contribution in [0.2, 0.25) is 0 Å². The highest BCUT2D eigenvalue weighted by Gasteiger charge is 2.37. The third kappa shape index (κ3) is 4.49. The molecule has 1 unspecified atom stereocenters. The van der Waals surface area contributed by atoms with Crippen molar-refractivity contribution < 1.29 is 19.1 Å². The Morgan fingerprint density at radius 1 is 1.19 bits per heavy atom. The highest BCUT2D eigenvalue weighted by atomic mass is 32.2. The molecule has 1 aliphatic heterocycles. The van der Waals surface area contributed by atoms with Crippen molar-refractivity contribution in [1.82, 2.24) is 9.80 Å². The number of esters is 1. The molecule has 1 fully saturated rings. The van der Waals surface area contributed by atoms with Crippen LogP contribution in [-0.2, 0) is 14.3 Å². The van der Waals surface area contributed by atoms with Crippen molar-refractivity contribution in [3.63, 3.8) is 0 Å². The molecule has 0 aliphatic carbocycles. The average Bonchev–Trinajstić information content (AvgIpc) is 2.66. The SMILES string of the molecule is COC(=O)C1CN(C(=O)c2ccc(N(C)C)cc2)CCN1C(=O)CSC. The molecule has 142 valence electrons. The van der Waals surface area contributed by atoms with Gasteiger partial charge in [0.2, 0.25) is 5.91 Å². The zero-order valence-corrected chi connectivity index (χ0v) is 16.4. The van der Waals surface area contributed by atoms with Gasteiger partial charge in [-0.3, -0.25) is 9.59 Å². The van der Waals surface area contributed by atoms with E-state index in [9.17, 15) is 14.4 Å². The van der Waals surface area contributed by atoms with Gasteiger partial charge in [0.15, 0.2) is 0 Å². The minimum absolute atomic E-state index is 0.115. The molecular formula is C18H25N3O4S. The van der Waals surface area contributed by atoms with E-state index in [1.807, 2.05) is 37.4 Å². The molecular weight excluding hydrogens is 354 g/mol. The number of thioether (sulfide) groups is 1. The first-order valence-corrected chi connectivity index (χ1v) is 9.71. The maximum atomic E-state index is 12.8. The molecule has 1 atom stereocenters. The minimum atomic E-state index is -0.765. The zero-order valence-electron chi connectivity index (χ0n) is 15.6. The first kappa shape index (κ1) is 20.1. The Kier molecular flexibility index (Phi) is 6.90. The second-order valence-electron chi connectivity index (χ2n) is 6.25. The number of carbonyl (C=O) groups excluding carboxylic acids is 3. The third-order valence-corrected chi connectivity index (χ3v) is 4.90. The molecule has 0 bridgehead atoms. The summed E-state index contributed by atoms with van der Waals surface area (Å²) < 4.78 is 4.84. The van der Waals surface area contributed by atoms with Crippen molar-refractivity contribution >= 4 is 35.2 Å². The lowest BCUT2D eigenvalue weighted by Gasteiger charge is -2.39. The van der Waals surface area contributed by atoms with E-state index in [0.717, 1.165) is 5.69 Å². The van der Waals surface area contributed by atoms with Crippen molar-refractivity contribution in [3.8, 4) is 0 Å². The number of piperazine rings is 1. The van der Waals surface area contributed by atoms with E-state index in [4.69, 9.17) is 4.74 Å². The Balaban J connectivity index is 2.14. The van der Waals surface area contributed by atoms with E-state index in [0.29, 0.717) is 24.4 Å². The summed E-state index contributed by atoms with van der Waals surface area (Å²) >= 11 is 1.40. The molecule has 0 radical (unpaired) electrons. The van der Waals surface area contributed by atoms with E-state index in [-0.39, 0.29) is 18.4 Å². The van der Waals surface area contributed by atoms with Gasteiger partial charge in [-0.05, 0) is 30.5 Å². The van der Waals surface area contributed by atoms with Gasteiger partial charge in [-0.15, -0.1) is 0 Å². The van der Waals surface area contributed by atoms with E-state index in [1.54, 1.807) is 17.0 Å². The van der Waals surface area contributed by atoms with Crippen LogP contribution in [0.5, 0.6) is 0 Å². The van der Waals surface area contributed by atoms with E-state index in [1.165, 1.54) is 23.8 Å². The van der Waals surface area contributed by atoms with Gasteiger partial charge in [0.25, 0.3) is 5.91 Å². The standard InChI is InChI=1S/C18H25N3O4S/c1-19(2)14-7-5-13(6-8-14)17(23)20-9-10-21(16(22)12-26-4)15(11-20)18(24)25-3/h5-8,15H,9-12H2,1-4H3. The number of methoxy groups -OCH3 is 1. The highest BCUT2D eigenvalue weighted by molar-refractivity contribution is 7.99. The number of nitrogens with zero attached hydrogens (tertiary/aromatic N) is 3. The summed E-state index contributed by atoms with van der Waals surface area (Å²) in [5, 5.41) is 0. The lowest BCUT2D eigenvalue weighted by molar-refractivity contribution is -0.154. The summed E-state index contributed by atoms with van der Waals surface area (Å²) in [6.45, 7) is 0.851. The molecule has 0 saturated carbocycles. The number of anilines is 1. The molecule has 7 nitrogen and oxygen atoms in total. The predicted molar refractivity (Wildman–Crippen MR) is 103 cm³/mol. The van der Waals surface area contributed by atoms with E-state index < -0.39 is 12.0 Å². The Labute approximate surface area is 158 Å². The molecule has 1 aromatic carbocycles. The highest BCUT2D eigenvalue weighted by Crippen LogP contribution is 2.18. The molecule has 8 heteroatoms. The summed E-state index contributed by atoms with van der Waals surface area (Å²) in [6, 6.07) is 6.54. The van der Waals surface area contributed by atoms with Crippen LogP contribution in [0.1, 0.15) is 10.4 Å². The first-order valence-electron chi connectivity index (χ1n) is 8.32. The van der Waals surface area contributed by atoms with Crippen LogP contribution in [0.15, 0.2) is 24.3 Å². The van der Waals surface area contributed by atoms with Crippen molar-refractivity contribution in [1.29, 1.82) is 0 Å². The smallest absolute Gasteiger partial charge is 0.330 e. The van der Waals surface area contributed by atoms with Crippen molar-refractivity contribution in [2.75, 3.05) is 57.7 Å². The number of benzene rings is 1. The zero-order chi connectivity index (χ0) is 19.3. The Morgan fingerprint density at radius 2 is 1.85 bits per heavy atom. The molecule has 2 rings (SSSR count). The maximum absolute atomic E-state index is 12.8. The molecule has 0 spiro atoms. The van der Waals surface area contributed by atoms with Gasteiger partial charge in [0, 0.05) is 38.4 Å². The van der Waals surface area contributed by atoms with Crippen LogP contribution in [0, 0.1) is 0 Å². The van der Waals surface area contributed by atoms with Crippen molar-refractivity contribution in [2.45, 2.75) is 6.04 Å². The van der Waals surface area contributed by atoms with Gasteiger partial charge < -0.3 is 19.4 Å². The molecule has 2 amide bonds. The number of rotatable bonds is 5. The molecule has 1 saturated heterocycles. The van der Waals surface area contributed by atoms with Crippen LogP contribution < -0.4 is 4.90 Å². The predicted octanol–water partition coefficient (Wildman–Crippen LogP) is 0.942. The van der Waals surface area contributed by atoms with Crippen LogP contribution in [-0.4, -0.2) is 86.5 Å². The van der Waals surface area contributed by atoms with Gasteiger partial charge in [-0.2, -0.15) is 11.8 Å². The average molecular weight is 379 g/mol. The lowest BCUT2D eigenvalue weighted by Crippen LogP contribution is -2.60. The van der Waals surface area contributed by atoms with Crippen LogP contribution >= 0.6 is 11.8 Å². The Morgan fingerprint density at radius 3 is 2.38 bits per heavy atom. The monoisotopic (exact) mass is 379 g/mol. The largest absolute Gasteiger partial charge is 0.467 e. The number of carbonyl (C=O) groups is 3. The van der Waals surface area contributed by atoms with Crippen LogP contribution in [0.3, 0.4) is 0 Å². The second-order valence-corrected chi connectivity index (χ2v) is 7.12. The van der Waals surface area contributed by atoms with Gasteiger partial charge in [0.05, 0.1) is 19.4 Å². The van der Waals surface area contributed by atoms with Crippen molar-refractivity contribution in [2.24, 2.45) is 0 Å². The van der Waals surface area contributed by atoms with Gasteiger partial charge in [-0.1, -0.05) is 0 Å². The number of hydrogen-bond donors (Lipinski definition) is 0. The molecule has 26 heavy (non-hydrogen) atoms. The lowest BCUT2D eigenvalue weighted by atomic mass is 10.1. The summed E-state index contributed by atoms with van der Waals surface area (Å²) in [5.74, 6) is -0.468. The molecule has 0 aromatic heterocycles. The minimum Gasteiger partial charge on any atom is -0.467 e. The first-order chi connectivity index (χ1) is 12.4. The maximum Gasteiger partial charge on any atom is 0.330 e. The molecule has 1 aliphatic rings. The second kappa shape index (κ2) is 8.93. The summed E-state index contributed by atoms with van der Waals surface area (Å²) in [6.07, 6.45) is 1.84. The fraction of sp³-hybridized carbons (Fsp3) is 0.500. The molecule has 0 N–H and O–H groups in total.